The molecule has 7 nitrogen and oxygen atoms in total. The third-order valence-electron chi connectivity index (χ3n) is 5.92. The van der Waals surface area contributed by atoms with Gasteiger partial charge in [0.25, 0.3) is 0 Å². The number of aryl methyl sites for hydroxylation is 1. The van der Waals surface area contributed by atoms with Crippen LogP contribution >= 0.6 is 15.9 Å². The fraction of sp³-hybridized carbons (Fsp3) is 0.526. The van der Waals surface area contributed by atoms with E-state index in [0.717, 1.165) is 37.9 Å². The van der Waals surface area contributed by atoms with Crippen LogP contribution in [0.4, 0.5) is 0 Å². The van der Waals surface area contributed by atoms with Gasteiger partial charge in [-0.15, -0.1) is 10.2 Å². The van der Waals surface area contributed by atoms with Crippen LogP contribution in [-0.4, -0.2) is 35.1 Å². The van der Waals surface area contributed by atoms with E-state index < -0.39 is 10.0 Å². The maximum atomic E-state index is 13.0. The van der Waals surface area contributed by atoms with Crippen LogP contribution in [0.25, 0.3) is 0 Å². The number of aromatic nitrogens is 4. The van der Waals surface area contributed by atoms with Crippen molar-refractivity contribution in [2.75, 3.05) is 0 Å². The first-order valence-corrected chi connectivity index (χ1v) is 12.0. The summed E-state index contributed by atoms with van der Waals surface area (Å²) in [5.74, 6) is 2.00. The standard InChI is InChI=1S/C19H24BrN5O2S/c20-16-7-4-5-8-17(16)28(26,27)23-19-14-11-10-13(12-14)15(19)6-2-1-3-9-18-21-24-25-22-18/h2,4-8,13-15,19,23H,1,3,9-12H2,(H,21,22,24,25)/t13-,14+,15+,19+/m1/s1. The van der Waals surface area contributed by atoms with E-state index in [1.54, 1.807) is 18.2 Å². The van der Waals surface area contributed by atoms with Crippen molar-refractivity contribution in [1.29, 1.82) is 0 Å². The lowest BCUT2D eigenvalue weighted by molar-refractivity contribution is 0.320. The van der Waals surface area contributed by atoms with Gasteiger partial charge in [-0.2, -0.15) is 5.21 Å². The molecule has 2 aliphatic carbocycles. The van der Waals surface area contributed by atoms with Crippen LogP contribution in [-0.2, 0) is 16.4 Å². The van der Waals surface area contributed by atoms with E-state index >= 15 is 0 Å². The van der Waals surface area contributed by atoms with Gasteiger partial charge in [0.2, 0.25) is 10.0 Å². The number of benzene rings is 1. The predicted molar refractivity (Wildman–Crippen MR) is 109 cm³/mol. The van der Waals surface area contributed by atoms with Crippen molar-refractivity contribution in [3.63, 3.8) is 0 Å². The second-order valence-corrected chi connectivity index (χ2v) is 10.2. The first-order valence-electron chi connectivity index (χ1n) is 9.70. The topological polar surface area (TPSA) is 101 Å². The molecule has 0 aliphatic heterocycles. The number of nitrogens with one attached hydrogen (secondary N) is 2. The molecular weight excluding hydrogens is 442 g/mol. The Morgan fingerprint density at radius 3 is 2.86 bits per heavy atom. The van der Waals surface area contributed by atoms with Crippen LogP contribution in [0.2, 0.25) is 0 Å². The molecule has 150 valence electrons. The second-order valence-electron chi connectivity index (χ2n) is 7.64. The number of H-pyrrole nitrogens is 1. The lowest BCUT2D eigenvalue weighted by Crippen LogP contribution is -2.43. The van der Waals surface area contributed by atoms with E-state index in [2.05, 4.69) is 53.4 Å². The molecule has 1 heterocycles. The van der Waals surface area contributed by atoms with Crippen molar-refractivity contribution in [1.82, 2.24) is 25.3 Å². The van der Waals surface area contributed by atoms with Crippen LogP contribution in [0.1, 0.15) is 37.9 Å². The molecule has 0 amide bonds. The second kappa shape index (κ2) is 8.42. The van der Waals surface area contributed by atoms with Crippen LogP contribution in [0, 0.1) is 17.8 Å². The van der Waals surface area contributed by atoms with Gasteiger partial charge in [0.05, 0.1) is 4.90 Å². The summed E-state index contributed by atoms with van der Waals surface area (Å²) < 4.78 is 29.5. The summed E-state index contributed by atoms with van der Waals surface area (Å²) >= 11 is 3.36. The van der Waals surface area contributed by atoms with Gasteiger partial charge in [0.15, 0.2) is 5.82 Å². The molecule has 0 saturated heterocycles. The number of hydrogen-bond donors (Lipinski definition) is 2. The highest BCUT2D eigenvalue weighted by Crippen LogP contribution is 2.49. The minimum atomic E-state index is -3.55. The van der Waals surface area contributed by atoms with Gasteiger partial charge in [-0.25, -0.2) is 13.1 Å². The Labute approximate surface area is 173 Å². The molecule has 2 saturated carbocycles. The van der Waals surface area contributed by atoms with E-state index in [1.807, 2.05) is 6.07 Å². The molecule has 2 bridgehead atoms. The molecule has 4 rings (SSSR count). The number of aromatic amines is 1. The number of allylic oxidation sites excluding steroid dienone is 1. The molecule has 4 atom stereocenters. The molecule has 2 aliphatic rings. The minimum absolute atomic E-state index is 0.0238. The van der Waals surface area contributed by atoms with Crippen molar-refractivity contribution in [3.05, 3.63) is 46.7 Å². The Morgan fingerprint density at radius 2 is 2.07 bits per heavy atom. The highest BCUT2D eigenvalue weighted by atomic mass is 79.9. The van der Waals surface area contributed by atoms with Gasteiger partial charge in [-0.05, 0) is 77.9 Å². The molecule has 2 fully saturated rings. The summed E-state index contributed by atoms with van der Waals surface area (Å²) in [5.41, 5.74) is 0. The third-order valence-corrected chi connectivity index (χ3v) is 8.39. The van der Waals surface area contributed by atoms with E-state index in [-0.39, 0.29) is 12.0 Å². The Kier molecular flexibility index (Phi) is 5.93. The van der Waals surface area contributed by atoms with Crippen LogP contribution in [0.5, 0.6) is 0 Å². The monoisotopic (exact) mass is 465 g/mol. The van der Waals surface area contributed by atoms with Gasteiger partial charge in [-0.1, -0.05) is 29.5 Å². The SMILES string of the molecule is O=S(=O)(N[C@H]1[C@H]2CC[C@H](C2)[C@@H]1C=CCCCc1nn[nH]n1)c1ccccc1Br. The number of nitrogens with zero attached hydrogens (tertiary/aromatic N) is 3. The molecule has 0 spiro atoms. The Bertz CT molecular complexity index is 932. The summed E-state index contributed by atoms with van der Waals surface area (Å²) in [6.07, 6.45) is 10.5. The molecule has 1 aromatic carbocycles. The molecule has 0 unspecified atom stereocenters. The average molecular weight is 466 g/mol. The number of rotatable bonds is 8. The van der Waals surface area contributed by atoms with Crippen LogP contribution in [0.15, 0.2) is 45.8 Å². The quantitative estimate of drug-likeness (QED) is 0.460. The zero-order valence-electron chi connectivity index (χ0n) is 15.5. The van der Waals surface area contributed by atoms with Gasteiger partial charge in [-0.3, -0.25) is 0 Å². The lowest BCUT2D eigenvalue weighted by Gasteiger charge is -2.29. The van der Waals surface area contributed by atoms with Crippen molar-refractivity contribution in [3.8, 4) is 0 Å². The van der Waals surface area contributed by atoms with E-state index in [4.69, 9.17) is 0 Å². The Morgan fingerprint density at radius 1 is 1.25 bits per heavy atom. The van der Waals surface area contributed by atoms with Crippen LogP contribution in [0.3, 0.4) is 0 Å². The first kappa shape index (κ1) is 19.7. The smallest absolute Gasteiger partial charge is 0.207 e. The maximum Gasteiger partial charge on any atom is 0.241 e. The van der Waals surface area contributed by atoms with E-state index in [0.29, 0.717) is 21.2 Å². The average Bonchev–Trinajstić information content (AvgIpc) is 3.40. The van der Waals surface area contributed by atoms with E-state index in [1.165, 1.54) is 6.42 Å². The van der Waals surface area contributed by atoms with Crippen LogP contribution < -0.4 is 4.72 Å². The maximum absolute atomic E-state index is 13.0. The number of unbranched alkanes of at least 4 members (excludes halogenated alkanes) is 1. The Hall–Kier alpha value is -1.58. The minimum Gasteiger partial charge on any atom is -0.207 e. The number of fused-ring (bicyclic) bond motifs is 2. The summed E-state index contributed by atoms with van der Waals surface area (Å²) in [5, 5.41) is 13.9. The third kappa shape index (κ3) is 4.21. The van der Waals surface area contributed by atoms with Crippen molar-refractivity contribution in [2.45, 2.75) is 49.5 Å². The number of sulfonamides is 1. The van der Waals surface area contributed by atoms with E-state index in [9.17, 15) is 8.42 Å². The first-order chi connectivity index (χ1) is 13.5. The van der Waals surface area contributed by atoms with Crippen molar-refractivity contribution >= 4 is 26.0 Å². The molecule has 2 N–H and O–H groups in total. The number of hydrogen-bond acceptors (Lipinski definition) is 5. The zero-order valence-corrected chi connectivity index (χ0v) is 17.9. The van der Waals surface area contributed by atoms with Gasteiger partial charge in [0.1, 0.15) is 0 Å². The summed E-state index contributed by atoms with van der Waals surface area (Å²) in [6.45, 7) is 0. The summed E-state index contributed by atoms with van der Waals surface area (Å²) in [7, 11) is -3.55. The highest BCUT2D eigenvalue weighted by Gasteiger charge is 2.47. The van der Waals surface area contributed by atoms with Gasteiger partial charge in [0, 0.05) is 16.9 Å². The highest BCUT2D eigenvalue weighted by molar-refractivity contribution is 9.10. The Balaban J connectivity index is 1.41. The normalized spacial score (nSPS) is 27.0. The van der Waals surface area contributed by atoms with Gasteiger partial charge < -0.3 is 0 Å². The predicted octanol–water partition coefficient (Wildman–Crippen LogP) is 3.23. The largest absolute Gasteiger partial charge is 0.241 e. The van der Waals surface area contributed by atoms with Gasteiger partial charge >= 0.3 is 0 Å². The molecule has 0 radical (unpaired) electrons. The summed E-state index contributed by atoms with van der Waals surface area (Å²) in [4.78, 5) is 0.306. The number of halogens is 1. The van der Waals surface area contributed by atoms with Crippen molar-refractivity contribution < 1.29 is 8.42 Å². The van der Waals surface area contributed by atoms with Crippen molar-refractivity contribution in [2.24, 2.45) is 17.8 Å². The molecule has 28 heavy (non-hydrogen) atoms. The molecular formula is C19H24BrN5O2S. The molecule has 2 aromatic rings. The number of tetrazole rings is 1. The molecule has 1 aromatic heterocycles. The summed E-state index contributed by atoms with van der Waals surface area (Å²) in [6, 6.07) is 6.95. The molecule has 9 heteroatoms. The lowest BCUT2D eigenvalue weighted by atomic mass is 9.84. The fourth-order valence-electron chi connectivity index (χ4n) is 4.61. The fourth-order valence-corrected chi connectivity index (χ4v) is 6.95. The zero-order chi connectivity index (χ0) is 19.6.